The Bertz CT molecular complexity index is 488. The Labute approximate surface area is 115 Å². The normalized spacial score (nSPS) is 11.4. The Balaban J connectivity index is 2.99. The first-order valence-electron chi connectivity index (χ1n) is 6.51. The Morgan fingerprint density at radius 2 is 2.32 bits per heavy atom. The molecule has 0 saturated carbocycles. The molecule has 1 aromatic heterocycles. The van der Waals surface area contributed by atoms with Crippen molar-refractivity contribution >= 4 is 5.91 Å². The van der Waals surface area contributed by atoms with Gasteiger partial charge in [-0.3, -0.25) is 9.78 Å². The maximum atomic E-state index is 12.4. The molecule has 0 saturated heterocycles. The number of nitrogens with two attached hydrogens (primary N) is 1. The van der Waals surface area contributed by atoms with Crippen LogP contribution in [-0.4, -0.2) is 35.4 Å². The first-order chi connectivity index (χ1) is 9.11. The summed E-state index contributed by atoms with van der Waals surface area (Å²) in [5.74, 6) is 5.63. The number of hydrogen-bond acceptors (Lipinski definition) is 3. The third-order valence-corrected chi connectivity index (χ3v) is 3.06. The summed E-state index contributed by atoms with van der Waals surface area (Å²) in [6.07, 6.45) is 5.25. The number of carbonyl (C=O) groups is 1. The van der Waals surface area contributed by atoms with E-state index in [9.17, 15) is 4.79 Å². The van der Waals surface area contributed by atoms with Gasteiger partial charge in [-0.1, -0.05) is 25.2 Å². The number of carbonyl (C=O) groups excluding carboxylic acids is 1. The summed E-state index contributed by atoms with van der Waals surface area (Å²) in [6, 6.07) is 1.92. The highest BCUT2D eigenvalue weighted by atomic mass is 16.2. The number of hydrogen-bond donors (Lipinski definition) is 1. The average Bonchev–Trinajstić information content (AvgIpc) is 2.44. The molecule has 0 aliphatic carbocycles. The summed E-state index contributed by atoms with van der Waals surface area (Å²) in [5, 5.41) is 0. The fourth-order valence-electron chi connectivity index (χ4n) is 1.83. The fraction of sp³-hybridized carbons (Fsp3) is 0.467. The van der Waals surface area contributed by atoms with E-state index in [0.717, 1.165) is 12.8 Å². The Morgan fingerprint density at radius 3 is 2.95 bits per heavy atom. The highest BCUT2D eigenvalue weighted by Crippen LogP contribution is 2.12. The largest absolute Gasteiger partial charge is 0.339 e. The monoisotopic (exact) mass is 259 g/mol. The van der Waals surface area contributed by atoms with Gasteiger partial charge in [-0.15, -0.1) is 0 Å². The SMILES string of the molecule is CCCC(C)N(C)C(=O)c1ccncc1C#CCN. The second-order valence-electron chi connectivity index (χ2n) is 4.48. The summed E-state index contributed by atoms with van der Waals surface area (Å²) < 4.78 is 0. The van der Waals surface area contributed by atoms with Crippen molar-refractivity contribution < 1.29 is 4.79 Å². The van der Waals surface area contributed by atoms with E-state index in [2.05, 4.69) is 23.7 Å². The lowest BCUT2D eigenvalue weighted by molar-refractivity contribution is 0.0736. The molecule has 0 bridgehead atoms. The predicted molar refractivity (Wildman–Crippen MR) is 76.6 cm³/mol. The van der Waals surface area contributed by atoms with Crippen LogP contribution in [0, 0.1) is 11.8 Å². The van der Waals surface area contributed by atoms with Gasteiger partial charge < -0.3 is 10.6 Å². The number of pyridine rings is 1. The second kappa shape index (κ2) is 7.55. The van der Waals surface area contributed by atoms with Gasteiger partial charge in [-0.05, 0) is 19.4 Å². The lowest BCUT2D eigenvalue weighted by atomic mass is 10.1. The smallest absolute Gasteiger partial charge is 0.255 e. The van der Waals surface area contributed by atoms with Crippen LogP contribution in [0.15, 0.2) is 18.5 Å². The van der Waals surface area contributed by atoms with Crippen LogP contribution < -0.4 is 5.73 Å². The first-order valence-corrected chi connectivity index (χ1v) is 6.51. The fourth-order valence-corrected chi connectivity index (χ4v) is 1.83. The minimum absolute atomic E-state index is 0.0235. The molecular weight excluding hydrogens is 238 g/mol. The molecule has 19 heavy (non-hydrogen) atoms. The third-order valence-electron chi connectivity index (χ3n) is 3.06. The standard InChI is InChI=1S/C15H21N3O/c1-4-6-12(2)18(3)15(19)14-8-10-17-11-13(14)7-5-9-16/h8,10-12H,4,6,9,16H2,1-3H3. The van der Waals surface area contributed by atoms with E-state index in [1.54, 1.807) is 23.4 Å². The molecule has 0 aliphatic heterocycles. The summed E-state index contributed by atoms with van der Waals surface area (Å²) >= 11 is 0. The van der Waals surface area contributed by atoms with Gasteiger partial charge in [0, 0.05) is 25.5 Å². The quantitative estimate of drug-likeness (QED) is 0.836. The Hall–Kier alpha value is -1.86. The van der Waals surface area contributed by atoms with Crippen molar-refractivity contribution in [1.29, 1.82) is 0 Å². The van der Waals surface area contributed by atoms with E-state index >= 15 is 0 Å². The third kappa shape index (κ3) is 4.08. The van der Waals surface area contributed by atoms with Crippen molar-refractivity contribution in [3.8, 4) is 11.8 Å². The number of rotatable bonds is 4. The summed E-state index contributed by atoms with van der Waals surface area (Å²) in [6.45, 7) is 4.43. The highest BCUT2D eigenvalue weighted by molar-refractivity contribution is 5.96. The zero-order valence-electron chi connectivity index (χ0n) is 11.8. The molecule has 2 N–H and O–H groups in total. The second-order valence-corrected chi connectivity index (χ2v) is 4.48. The zero-order valence-corrected chi connectivity index (χ0v) is 11.8. The lowest BCUT2D eigenvalue weighted by Gasteiger charge is -2.25. The van der Waals surface area contributed by atoms with Gasteiger partial charge >= 0.3 is 0 Å². The first kappa shape index (κ1) is 15.2. The van der Waals surface area contributed by atoms with Crippen LogP contribution in [0.2, 0.25) is 0 Å². The van der Waals surface area contributed by atoms with Gasteiger partial charge in [0.15, 0.2) is 0 Å². The maximum absolute atomic E-state index is 12.4. The van der Waals surface area contributed by atoms with Crippen LogP contribution in [0.3, 0.4) is 0 Å². The molecule has 1 amide bonds. The molecular formula is C15H21N3O. The van der Waals surface area contributed by atoms with Crippen molar-refractivity contribution in [1.82, 2.24) is 9.88 Å². The van der Waals surface area contributed by atoms with Crippen molar-refractivity contribution in [2.24, 2.45) is 5.73 Å². The summed E-state index contributed by atoms with van der Waals surface area (Å²) in [5.41, 5.74) is 6.58. The van der Waals surface area contributed by atoms with Crippen LogP contribution >= 0.6 is 0 Å². The van der Waals surface area contributed by atoms with Crippen molar-refractivity contribution in [2.75, 3.05) is 13.6 Å². The summed E-state index contributed by atoms with van der Waals surface area (Å²) in [4.78, 5) is 18.2. The van der Waals surface area contributed by atoms with Crippen molar-refractivity contribution in [3.63, 3.8) is 0 Å². The molecule has 4 nitrogen and oxygen atoms in total. The molecule has 0 radical (unpaired) electrons. The van der Waals surface area contributed by atoms with E-state index in [0.29, 0.717) is 11.1 Å². The molecule has 0 fully saturated rings. The van der Waals surface area contributed by atoms with Crippen LogP contribution in [0.5, 0.6) is 0 Å². The molecule has 1 aromatic rings. The van der Waals surface area contributed by atoms with Gasteiger partial charge in [-0.25, -0.2) is 0 Å². The number of amides is 1. The van der Waals surface area contributed by atoms with Gasteiger partial charge in [0.1, 0.15) is 0 Å². The number of nitrogens with zero attached hydrogens (tertiary/aromatic N) is 2. The molecule has 102 valence electrons. The van der Waals surface area contributed by atoms with Crippen molar-refractivity contribution in [2.45, 2.75) is 32.7 Å². The van der Waals surface area contributed by atoms with Gasteiger partial charge in [0.2, 0.25) is 0 Å². The van der Waals surface area contributed by atoms with E-state index in [1.165, 1.54) is 0 Å². The molecule has 1 unspecified atom stereocenters. The zero-order chi connectivity index (χ0) is 14.3. The highest BCUT2D eigenvalue weighted by Gasteiger charge is 2.18. The Kier molecular flexibility index (Phi) is 6.04. The molecule has 0 aromatic carbocycles. The molecule has 1 heterocycles. The molecule has 1 rings (SSSR count). The average molecular weight is 259 g/mol. The van der Waals surface area contributed by atoms with Crippen LogP contribution in [0.1, 0.15) is 42.6 Å². The number of aromatic nitrogens is 1. The van der Waals surface area contributed by atoms with Gasteiger partial charge in [-0.2, -0.15) is 0 Å². The molecule has 1 atom stereocenters. The van der Waals surface area contributed by atoms with Crippen LogP contribution in [-0.2, 0) is 0 Å². The summed E-state index contributed by atoms with van der Waals surface area (Å²) in [7, 11) is 1.82. The minimum atomic E-state index is -0.0235. The molecule has 0 aliphatic rings. The van der Waals surface area contributed by atoms with Gasteiger partial charge in [0.25, 0.3) is 5.91 Å². The van der Waals surface area contributed by atoms with Crippen LogP contribution in [0.4, 0.5) is 0 Å². The Morgan fingerprint density at radius 1 is 1.58 bits per heavy atom. The topological polar surface area (TPSA) is 59.2 Å². The van der Waals surface area contributed by atoms with E-state index in [-0.39, 0.29) is 18.5 Å². The lowest BCUT2D eigenvalue weighted by Crippen LogP contribution is -2.35. The minimum Gasteiger partial charge on any atom is -0.339 e. The van der Waals surface area contributed by atoms with Crippen molar-refractivity contribution in [3.05, 3.63) is 29.6 Å². The maximum Gasteiger partial charge on any atom is 0.255 e. The van der Waals surface area contributed by atoms with E-state index in [1.807, 2.05) is 14.0 Å². The van der Waals surface area contributed by atoms with E-state index < -0.39 is 0 Å². The van der Waals surface area contributed by atoms with E-state index in [4.69, 9.17) is 5.73 Å². The molecule has 0 spiro atoms. The van der Waals surface area contributed by atoms with Gasteiger partial charge in [0.05, 0.1) is 17.7 Å². The van der Waals surface area contributed by atoms with Crippen LogP contribution in [0.25, 0.3) is 0 Å². The molecule has 4 heteroatoms. The predicted octanol–water partition coefficient (Wildman–Crippen LogP) is 1.65.